The maximum Gasteiger partial charge on any atom is 0.282 e. The van der Waals surface area contributed by atoms with Crippen molar-refractivity contribution in [2.75, 3.05) is 37.0 Å². The van der Waals surface area contributed by atoms with Crippen molar-refractivity contribution in [2.24, 2.45) is 14.1 Å². The van der Waals surface area contributed by atoms with Crippen LogP contribution in [-0.4, -0.2) is 198 Å². The lowest BCUT2D eigenvalue weighted by Crippen LogP contribution is -2.34. The van der Waals surface area contributed by atoms with Gasteiger partial charge >= 0.3 is 0 Å². The summed E-state index contributed by atoms with van der Waals surface area (Å²) in [6.07, 6.45) is -10.7. The van der Waals surface area contributed by atoms with Crippen molar-refractivity contribution in [3.05, 3.63) is 50.0 Å². The zero-order valence-electron chi connectivity index (χ0n) is 38.9. The van der Waals surface area contributed by atoms with Gasteiger partial charge in [-0.15, -0.1) is 0 Å². The number of aromatic nitrogens is 12. The minimum absolute atomic E-state index is 0. The predicted octanol–water partition coefficient (Wildman–Crippen LogP) is -13.1. The van der Waals surface area contributed by atoms with E-state index in [-0.39, 0.29) is 56.8 Å². The first-order chi connectivity index (χ1) is 35.1. The number of aliphatic hydroxyl groups excluding tert-OH is 8. The lowest BCUT2D eigenvalue weighted by molar-refractivity contribution is -0.337. The number of anilines is 3. The standard InChI is InChI=1S/C11H16N5O8P.C11H15N5O5.C10H13N5O5.2H3O4P.H2O/c1-15-9(19)5-8(14-11(15)12)16(3-13-5)10-7(18)6(17)4(24-10)2-23-25(20,21)22;1-15-9(20)5-8(14-11(15)12)16(3-13-5)10-7(19)6(18)4(2-17)21-10;11-10-13-7-4(8(19)14-10)12-2-15(7)9-6(18)5(17)3(1-16)20-9;2*1-5(2,3)4;/h3-4,6-7,10,17-18H,2H2,1H3,(H2,12,14)(H2,20,21,22);3-4,6-7,10,17-19H,2H2,1H3,(H2,12,14);2-3,5-6,9,16-18H,1H2,(H3,11,13,14,19);2*(H3,1,2,3,4);1H2/p-4/t2*4-,6?,7+,10-;3-,5?,6+,9-;;;/m111.../s1. The Labute approximate surface area is 424 Å². The van der Waals surface area contributed by atoms with Crippen LogP contribution in [0.25, 0.3) is 33.5 Å². The number of phosphoric ester groups is 1. The number of imidazole rings is 3. The zero-order valence-corrected chi connectivity index (χ0v) is 41.5. The van der Waals surface area contributed by atoms with Crippen molar-refractivity contribution >= 4 is 74.8 Å². The fraction of sp³-hybridized carbons (Fsp3) is 0.531. The highest BCUT2D eigenvalue weighted by Crippen LogP contribution is 2.36. The number of nitrogens with one attached hydrogen (secondary N) is 1. The molecule has 77 heavy (non-hydrogen) atoms. The van der Waals surface area contributed by atoms with Crippen LogP contribution in [0.2, 0.25) is 0 Å². The molecule has 21 N–H and O–H groups in total. The van der Waals surface area contributed by atoms with E-state index in [4.69, 9.17) is 85.0 Å². The molecule has 0 saturated carbocycles. The Morgan fingerprint density at radius 2 is 0.909 bits per heavy atom. The van der Waals surface area contributed by atoms with E-state index in [0.717, 1.165) is 9.13 Å². The first-order valence-electron chi connectivity index (χ1n) is 20.6. The molecule has 432 valence electrons. The van der Waals surface area contributed by atoms with Gasteiger partial charge in [0.25, 0.3) is 32.3 Å². The largest absolute Gasteiger partial charge is 0.790 e. The van der Waals surface area contributed by atoms with Crippen molar-refractivity contribution in [2.45, 2.75) is 73.6 Å². The van der Waals surface area contributed by atoms with Crippen molar-refractivity contribution in [1.29, 1.82) is 0 Å². The molecule has 3 aliphatic heterocycles. The molecule has 3 saturated heterocycles. The maximum atomic E-state index is 12.1. The molecule has 9 heterocycles. The van der Waals surface area contributed by atoms with Crippen molar-refractivity contribution in [3.8, 4) is 0 Å². The monoisotopic (exact) mass is 1170 g/mol. The molecule has 0 bridgehead atoms. The summed E-state index contributed by atoms with van der Waals surface area (Å²) in [6, 6.07) is 0. The summed E-state index contributed by atoms with van der Waals surface area (Å²) in [7, 11) is -12.2. The summed E-state index contributed by atoms with van der Waals surface area (Å²) in [5.41, 5.74) is 15.7. The molecule has 6 aromatic heterocycles. The topological polar surface area (TPSA) is 702 Å². The summed E-state index contributed by atoms with van der Waals surface area (Å²) in [6.45, 7) is -1.60. The van der Waals surface area contributed by atoms with Gasteiger partial charge in [0.15, 0.2) is 52.2 Å². The second-order valence-corrected chi connectivity index (χ2v) is 18.9. The van der Waals surface area contributed by atoms with Gasteiger partial charge in [-0.3, -0.25) is 51.3 Å². The summed E-state index contributed by atoms with van der Waals surface area (Å²) >= 11 is 0. The van der Waals surface area contributed by atoms with Crippen LogP contribution in [0.4, 0.5) is 17.8 Å². The average molecular weight is 1170 g/mol. The summed E-state index contributed by atoms with van der Waals surface area (Å²) in [5.74, 6) is -0.211. The Morgan fingerprint density at radius 3 is 1.23 bits per heavy atom. The molecule has 0 spiro atoms. The van der Waals surface area contributed by atoms with Crippen LogP contribution in [0.1, 0.15) is 18.7 Å². The molecule has 0 aliphatic carbocycles. The Bertz CT molecular complexity index is 3300. The van der Waals surface area contributed by atoms with E-state index in [1.54, 1.807) is 0 Å². The van der Waals surface area contributed by atoms with Gasteiger partial charge in [0.1, 0.15) is 54.9 Å². The molecular weight excluding hydrogens is 1120 g/mol. The lowest BCUT2D eigenvalue weighted by Gasteiger charge is -2.20. The number of aromatic amines is 1. The quantitative estimate of drug-likeness (QED) is 0.0629. The normalized spacial score (nSPS) is 26.8. The lowest BCUT2D eigenvalue weighted by atomic mass is 10.1. The van der Waals surface area contributed by atoms with Gasteiger partial charge in [-0.2, -0.15) is 15.0 Å². The SMILES string of the molecule is Cn1c(N)nc2c(ncn2[C@@H]2O[C@H](CO)C(O)[C@@H]2O)c1=O.Cn1c(N)nc2c(ncn2[C@@H]2O[C@H](COP(=O)([O-])O)C(O)[C@@H]2O)c1=O.Nc1nc2c(ncn2[C@@H]2O[C@H](CO)C(O)[C@@H]2O)c(=O)[nH]1.O.O=P([O-])(O)O.O=P([O-])([O-])O. The van der Waals surface area contributed by atoms with Crippen molar-refractivity contribution in [3.63, 3.8) is 0 Å². The van der Waals surface area contributed by atoms with Crippen LogP contribution in [0.3, 0.4) is 0 Å². The summed E-state index contributed by atoms with van der Waals surface area (Å²) < 4.78 is 54.4. The number of hydrogen-bond acceptors (Lipinski definition) is 31. The van der Waals surface area contributed by atoms with E-state index < -0.39 is 134 Å². The molecule has 0 radical (unpaired) electrons. The minimum atomic E-state index is -5.14. The number of nitrogens with two attached hydrogens (primary N) is 3. The molecule has 6 aromatic rings. The second kappa shape index (κ2) is 25.0. The molecule has 45 heteroatoms. The van der Waals surface area contributed by atoms with E-state index in [1.807, 2.05) is 0 Å². The van der Waals surface area contributed by atoms with E-state index in [0.29, 0.717) is 0 Å². The van der Waals surface area contributed by atoms with E-state index in [9.17, 15) is 54.5 Å². The third-order valence-electron chi connectivity index (χ3n) is 10.7. The molecule has 42 nitrogen and oxygen atoms in total. The fourth-order valence-electron chi connectivity index (χ4n) is 7.11. The van der Waals surface area contributed by atoms with Gasteiger partial charge < -0.3 is 126 Å². The molecule has 3 aliphatic rings. The smallest absolute Gasteiger partial charge is 0.282 e. The van der Waals surface area contributed by atoms with Gasteiger partial charge in [0.2, 0.25) is 17.8 Å². The molecule has 0 amide bonds. The van der Waals surface area contributed by atoms with Crippen LogP contribution < -0.4 is 53.5 Å². The molecular formula is C32H48N15O27P3-4. The Kier molecular flexibility index (Phi) is 20.7. The molecule has 3 fully saturated rings. The maximum absolute atomic E-state index is 12.1. The molecule has 9 rings (SSSR count). The Hall–Kier alpha value is -5.70. The molecule has 0 aromatic carbocycles. The summed E-state index contributed by atoms with van der Waals surface area (Å²) in [5, 5.41) is 77.7. The van der Waals surface area contributed by atoms with Crippen LogP contribution in [-0.2, 0) is 46.5 Å². The van der Waals surface area contributed by atoms with Gasteiger partial charge in [0, 0.05) is 14.1 Å². The number of phosphoric acid groups is 3. The van der Waals surface area contributed by atoms with E-state index in [2.05, 4.69) is 39.4 Å². The number of fused-ring (bicyclic) bond motifs is 3. The Morgan fingerprint density at radius 1 is 0.597 bits per heavy atom. The van der Waals surface area contributed by atoms with Crippen LogP contribution in [0.15, 0.2) is 33.4 Å². The molecule has 4 unspecified atom stereocenters. The third kappa shape index (κ3) is 15.1. The number of hydrogen-bond donors (Lipinski definition) is 16. The van der Waals surface area contributed by atoms with Crippen LogP contribution >= 0.6 is 23.5 Å². The van der Waals surface area contributed by atoms with Crippen molar-refractivity contribution < 1.29 is 118 Å². The third-order valence-corrected chi connectivity index (χ3v) is 11.2. The average Bonchev–Trinajstić information content (AvgIpc) is 4.17. The summed E-state index contributed by atoms with van der Waals surface area (Å²) in [4.78, 5) is 128. The zero-order chi connectivity index (χ0) is 57.3. The van der Waals surface area contributed by atoms with Crippen LogP contribution in [0, 0.1) is 0 Å². The highest BCUT2D eigenvalue weighted by atomic mass is 31.2. The van der Waals surface area contributed by atoms with Gasteiger partial charge in [-0.05, 0) is 0 Å². The number of aliphatic hydroxyl groups is 8. The minimum Gasteiger partial charge on any atom is -0.790 e. The number of ether oxygens (including phenoxy) is 3. The van der Waals surface area contributed by atoms with Gasteiger partial charge in [-0.25, -0.2) is 15.0 Å². The number of nitrogens with zero attached hydrogens (tertiary/aromatic N) is 11. The highest BCUT2D eigenvalue weighted by molar-refractivity contribution is 7.44. The number of H-pyrrole nitrogens is 1. The van der Waals surface area contributed by atoms with E-state index >= 15 is 0 Å². The van der Waals surface area contributed by atoms with Crippen LogP contribution in [0.5, 0.6) is 0 Å². The first-order valence-corrected chi connectivity index (χ1v) is 25.2. The van der Waals surface area contributed by atoms with Gasteiger partial charge in [0.05, 0.1) is 46.6 Å². The Balaban J connectivity index is 0.000000228. The first kappa shape index (κ1) is 63.8. The van der Waals surface area contributed by atoms with E-state index in [1.165, 1.54) is 46.8 Å². The van der Waals surface area contributed by atoms with Gasteiger partial charge in [-0.1, -0.05) is 0 Å². The fourth-order valence-corrected chi connectivity index (χ4v) is 7.45. The number of rotatable bonds is 8. The predicted molar refractivity (Wildman–Crippen MR) is 240 cm³/mol. The van der Waals surface area contributed by atoms with Crippen molar-refractivity contribution in [1.82, 2.24) is 57.7 Å². The second-order valence-electron chi connectivity index (χ2n) is 15.8. The highest BCUT2D eigenvalue weighted by Gasteiger charge is 2.46. The molecule has 13 atom stereocenters. The number of nitrogen functional groups attached to an aromatic ring is 3.